The lowest BCUT2D eigenvalue weighted by Gasteiger charge is -2.21. The fourth-order valence-electron chi connectivity index (χ4n) is 10.6. The van der Waals surface area contributed by atoms with Crippen molar-refractivity contribution in [3.05, 3.63) is 60.8 Å². The lowest BCUT2D eigenvalue weighted by atomic mass is 10.1. The molecule has 19 heteroatoms. The van der Waals surface area contributed by atoms with Crippen LogP contribution in [0.5, 0.6) is 0 Å². The number of aliphatic hydroxyl groups is 1. The maximum atomic E-state index is 13.1. The number of rotatable bonds is 73. The van der Waals surface area contributed by atoms with E-state index in [0.717, 1.165) is 154 Å². The predicted molar refractivity (Wildman–Crippen MR) is 390 cm³/mol. The van der Waals surface area contributed by atoms with Crippen LogP contribution in [0.1, 0.15) is 349 Å². The van der Waals surface area contributed by atoms with Crippen LogP contribution in [0.4, 0.5) is 0 Å². The highest BCUT2D eigenvalue weighted by Gasteiger charge is 2.30. The van der Waals surface area contributed by atoms with E-state index in [-0.39, 0.29) is 25.7 Å². The summed E-state index contributed by atoms with van der Waals surface area (Å²) in [7, 11) is -9.94. The summed E-state index contributed by atoms with van der Waals surface area (Å²) >= 11 is 0. The molecule has 0 spiro atoms. The van der Waals surface area contributed by atoms with Crippen molar-refractivity contribution in [1.82, 2.24) is 0 Å². The number of esters is 4. The molecule has 0 aromatic rings. The van der Waals surface area contributed by atoms with Crippen molar-refractivity contribution in [3.63, 3.8) is 0 Å². The van der Waals surface area contributed by atoms with E-state index >= 15 is 0 Å². The Hall–Kier alpha value is -3.24. The van der Waals surface area contributed by atoms with E-state index in [1.807, 2.05) is 0 Å². The van der Waals surface area contributed by atoms with Crippen molar-refractivity contribution in [1.29, 1.82) is 0 Å². The van der Waals surface area contributed by atoms with Crippen molar-refractivity contribution in [2.24, 2.45) is 0 Å². The molecule has 96 heavy (non-hydrogen) atoms. The number of phosphoric acid groups is 2. The average molecular weight is 1400 g/mol. The Bertz CT molecular complexity index is 2060. The van der Waals surface area contributed by atoms with Crippen LogP contribution in [0.3, 0.4) is 0 Å². The number of ether oxygens (including phenoxy) is 4. The van der Waals surface area contributed by atoms with Crippen LogP contribution in [-0.4, -0.2) is 96.7 Å². The van der Waals surface area contributed by atoms with Crippen LogP contribution in [0.15, 0.2) is 60.8 Å². The Morgan fingerprint density at radius 1 is 0.302 bits per heavy atom. The highest BCUT2D eigenvalue weighted by molar-refractivity contribution is 7.47. The topological polar surface area (TPSA) is 237 Å². The van der Waals surface area contributed by atoms with Gasteiger partial charge < -0.3 is 33.8 Å². The molecular formula is C77H140O17P2. The minimum absolute atomic E-state index is 0.0846. The Balaban J connectivity index is 5.32. The van der Waals surface area contributed by atoms with Gasteiger partial charge in [0.15, 0.2) is 12.2 Å². The molecule has 5 unspecified atom stereocenters. The third-order valence-electron chi connectivity index (χ3n) is 16.5. The zero-order valence-corrected chi connectivity index (χ0v) is 62.8. The minimum Gasteiger partial charge on any atom is -0.462 e. The fourth-order valence-corrected chi connectivity index (χ4v) is 12.2. The monoisotopic (exact) mass is 1400 g/mol. The predicted octanol–water partition coefficient (Wildman–Crippen LogP) is 21.9. The van der Waals surface area contributed by atoms with Gasteiger partial charge in [-0.05, 0) is 109 Å². The standard InChI is InChI=1S/C77H140O17P2/c1-5-9-13-17-21-25-29-32-35-38-42-45-49-53-57-61-74(79)87-67-72(93-76(81)63-59-55-51-47-41-28-24-20-16-12-8-4)69-91-95(83,84)89-65-71(78)66-90-96(85,86)92-70-73(94-77(82)64-60-56-52-48-44-40-37-34-31-27-23-19-15-11-7-3)68-88-75(80)62-58-54-50-46-43-39-36-33-30-26-22-18-14-10-6-2/h10,14,22,26,32-37,71-73,78H,5-9,11-13,15-21,23-25,27-31,38-70H2,1-4H3,(H,83,84)(H,85,86)/b14-10-,26-22-,35-32-,36-33-,37-34-. The lowest BCUT2D eigenvalue weighted by molar-refractivity contribution is -0.161. The van der Waals surface area contributed by atoms with Gasteiger partial charge in [-0.2, -0.15) is 0 Å². The van der Waals surface area contributed by atoms with E-state index in [2.05, 4.69) is 88.5 Å². The summed E-state index contributed by atoms with van der Waals surface area (Å²) < 4.78 is 68.4. The largest absolute Gasteiger partial charge is 0.472 e. The fraction of sp³-hybridized carbons (Fsp3) is 0.818. The van der Waals surface area contributed by atoms with Gasteiger partial charge in [-0.15, -0.1) is 0 Å². The quantitative estimate of drug-likeness (QED) is 0.0169. The van der Waals surface area contributed by atoms with Crippen LogP contribution in [0.25, 0.3) is 0 Å². The van der Waals surface area contributed by atoms with Gasteiger partial charge in [-0.3, -0.25) is 37.3 Å². The third kappa shape index (κ3) is 69.2. The van der Waals surface area contributed by atoms with E-state index in [9.17, 15) is 43.2 Å². The van der Waals surface area contributed by atoms with Gasteiger partial charge in [0.05, 0.1) is 26.4 Å². The second-order valence-electron chi connectivity index (χ2n) is 25.9. The van der Waals surface area contributed by atoms with Crippen molar-refractivity contribution in [3.8, 4) is 0 Å². The first-order valence-corrected chi connectivity index (χ1v) is 41.5. The number of carbonyl (C=O) groups excluding carboxylic acids is 4. The van der Waals surface area contributed by atoms with Gasteiger partial charge >= 0.3 is 39.5 Å². The van der Waals surface area contributed by atoms with E-state index in [0.29, 0.717) is 25.7 Å². The SMILES string of the molecule is CC/C=C\C/C=C\C/C=C\CCCCCCCC(=O)OCC(COP(=O)(O)OCC(O)COP(=O)(O)OCC(COC(=O)CCCCCCC/C=C\CCCCCCCC)OC(=O)CCCCCCCCCCCCC)OC(=O)CCCCCCC/C=C\CCCCCCCC. The van der Waals surface area contributed by atoms with E-state index in [1.165, 1.54) is 116 Å². The Morgan fingerprint density at radius 3 is 0.844 bits per heavy atom. The smallest absolute Gasteiger partial charge is 0.462 e. The van der Waals surface area contributed by atoms with Crippen molar-refractivity contribution >= 4 is 39.5 Å². The maximum Gasteiger partial charge on any atom is 0.472 e. The molecule has 17 nitrogen and oxygen atoms in total. The summed E-state index contributed by atoms with van der Waals surface area (Å²) in [4.78, 5) is 72.8. The lowest BCUT2D eigenvalue weighted by Crippen LogP contribution is -2.30. The van der Waals surface area contributed by atoms with Crippen LogP contribution < -0.4 is 0 Å². The van der Waals surface area contributed by atoms with Gasteiger partial charge in [0.1, 0.15) is 19.3 Å². The molecule has 0 aromatic carbocycles. The molecule has 0 aliphatic carbocycles. The van der Waals surface area contributed by atoms with E-state index in [1.54, 1.807) is 0 Å². The first kappa shape index (κ1) is 92.8. The molecule has 0 saturated heterocycles. The van der Waals surface area contributed by atoms with Crippen molar-refractivity contribution in [2.45, 2.75) is 367 Å². The van der Waals surface area contributed by atoms with E-state index < -0.39 is 97.5 Å². The number of hydrogen-bond donors (Lipinski definition) is 3. The Morgan fingerprint density at radius 2 is 0.542 bits per heavy atom. The van der Waals surface area contributed by atoms with Gasteiger partial charge in [0, 0.05) is 25.7 Å². The highest BCUT2D eigenvalue weighted by Crippen LogP contribution is 2.45. The van der Waals surface area contributed by atoms with Gasteiger partial charge in [-0.1, -0.05) is 275 Å². The molecule has 0 amide bonds. The summed E-state index contributed by atoms with van der Waals surface area (Å²) in [6.45, 7) is 4.76. The molecule has 0 rings (SSSR count). The van der Waals surface area contributed by atoms with Gasteiger partial charge in [0.25, 0.3) is 0 Å². The molecular weight excluding hydrogens is 1260 g/mol. The minimum atomic E-state index is -4.97. The third-order valence-corrected chi connectivity index (χ3v) is 18.4. The van der Waals surface area contributed by atoms with Crippen LogP contribution in [0, 0.1) is 0 Å². The molecule has 560 valence electrons. The zero-order valence-electron chi connectivity index (χ0n) is 61.1. The number of carbonyl (C=O) groups is 4. The summed E-state index contributed by atoms with van der Waals surface area (Å²) in [5, 5.41) is 10.6. The van der Waals surface area contributed by atoms with Gasteiger partial charge in [0.2, 0.25) is 0 Å². The molecule has 5 atom stereocenters. The molecule has 0 fully saturated rings. The van der Waals surface area contributed by atoms with Crippen molar-refractivity contribution < 1.29 is 80.2 Å². The molecule has 0 radical (unpaired) electrons. The second-order valence-corrected chi connectivity index (χ2v) is 28.8. The molecule has 0 saturated carbocycles. The number of hydrogen-bond acceptors (Lipinski definition) is 15. The Labute approximate surface area is 584 Å². The molecule has 0 aromatic heterocycles. The van der Waals surface area contributed by atoms with Crippen LogP contribution in [0.2, 0.25) is 0 Å². The highest BCUT2D eigenvalue weighted by atomic mass is 31.2. The second kappa shape index (κ2) is 70.2. The number of aliphatic hydroxyl groups excluding tert-OH is 1. The summed E-state index contributed by atoms with van der Waals surface area (Å²) in [6, 6.07) is 0. The van der Waals surface area contributed by atoms with Crippen LogP contribution in [-0.2, 0) is 65.4 Å². The summed E-state index contributed by atoms with van der Waals surface area (Å²) in [5.41, 5.74) is 0. The Kier molecular flexibility index (Phi) is 67.8. The molecule has 0 bridgehead atoms. The zero-order chi connectivity index (χ0) is 70.4. The normalized spacial score (nSPS) is 14.3. The molecule has 3 N–H and O–H groups in total. The summed E-state index contributed by atoms with van der Waals surface area (Å²) in [6.07, 6.45) is 67.8. The van der Waals surface area contributed by atoms with Gasteiger partial charge in [-0.25, -0.2) is 9.13 Å². The van der Waals surface area contributed by atoms with Crippen molar-refractivity contribution in [2.75, 3.05) is 39.6 Å². The molecule has 0 aliphatic rings. The number of phosphoric ester groups is 2. The number of unbranched alkanes of at least 4 members (excludes halogenated alkanes) is 37. The molecule has 0 heterocycles. The van der Waals surface area contributed by atoms with Crippen LogP contribution >= 0.6 is 15.6 Å². The maximum absolute atomic E-state index is 13.1. The summed E-state index contributed by atoms with van der Waals surface area (Å²) in [5.74, 6) is -2.18. The average Bonchev–Trinajstić information content (AvgIpc) is 1.09. The first-order chi connectivity index (χ1) is 46.7. The number of allylic oxidation sites excluding steroid dienone is 10. The first-order valence-electron chi connectivity index (χ1n) is 38.5. The van der Waals surface area contributed by atoms with E-state index in [4.69, 9.17) is 37.0 Å². The molecule has 0 aliphatic heterocycles.